The van der Waals surface area contributed by atoms with Crippen molar-refractivity contribution in [3.05, 3.63) is 313 Å². The lowest BCUT2D eigenvalue weighted by molar-refractivity contribution is 0.103. The van der Waals surface area contributed by atoms with Gasteiger partial charge in [0.1, 0.15) is 0 Å². The van der Waals surface area contributed by atoms with Gasteiger partial charge in [-0.3, -0.25) is 9.59 Å². The lowest BCUT2D eigenvalue weighted by Crippen LogP contribution is -2.11. The van der Waals surface area contributed by atoms with Crippen molar-refractivity contribution < 1.29 is 9.59 Å². The minimum absolute atomic E-state index is 0.0134. The number of hydrogen-bond donors (Lipinski definition) is 0. The zero-order valence-electron chi connectivity index (χ0n) is 41.4. The summed E-state index contributed by atoms with van der Waals surface area (Å²) in [6.45, 7) is 0. The Kier molecular flexibility index (Phi) is 11.8. The highest BCUT2D eigenvalue weighted by Gasteiger charge is 2.23. The predicted molar refractivity (Wildman–Crippen MR) is 316 cm³/mol. The first-order chi connectivity index (χ1) is 37.5. The second kappa shape index (κ2) is 19.7. The molecule has 0 N–H and O–H groups in total. The van der Waals surface area contributed by atoms with Gasteiger partial charge in [0, 0.05) is 56.4 Å². The van der Waals surface area contributed by atoms with E-state index >= 15 is 0 Å². The number of nitrogens with zero attached hydrogens (tertiary/aromatic N) is 2. The molecule has 4 nitrogen and oxygen atoms in total. The molecular weight excluding hydrogens is 925 g/mol. The summed E-state index contributed by atoms with van der Waals surface area (Å²) < 4.78 is 0. The Balaban J connectivity index is 1.06. The molecule has 13 aromatic rings. The third-order valence-corrected chi connectivity index (χ3v) is 14.6. The number of rotatable bonds is 12. The molecule has 0 saturated carbocycles. The normalized spacial score (nSPS) is 11.3. The lowest BCUT2D eigenvalue weighted by atomic mass is 9.84. The van der Waals surface area contributed by atoms with E-state index in [9.17, 15) is 9.59 Å². The summed E-state index contributed by atoms with van der Waals surface area (Å²) in [5.41, 5.74) is 12.9. The molecule has 13 aromatic carbocycles. The van der Waals surface area contributed by atoms with Crippen LogP contribution in [0, 0.1) is 0 Å². The van der Waals surface area contributed by atoms with Gasteiger partial charge in [-0.1, -0.05) is 182 Å². The fraction of sp³-hybridized carbons (Fsp3) is 0. The monoisotopic (exact) mass is 972 g/mol. The first kappa shape index (κ1) is 45.7. The molecule has 0 saturated heterocycles. The highest BCUT2D eigenvalue weighted by atomic mass is 16.1. The van der Waals surface area contributed by atoms with Gasteiger partial charge in [-0.05, 0) is 175 Å². The third-order valence-electron chi connectivity index (χ3n) is 14.6. The number of fused-ring (bicyclic) bond motifs is 4. The minimum atomic E-state index is -0.0134. The number of carbonyl (C=O) groups is 2. The highest BCUT2D eigenvalue weighted by Crippen LogP contribution is 2.49. The summed E-state index contributed by atoms with van der Waals surface area (Å²) in [4.78, 5) is 31.9. The van der Waals surface area contributed by atoms with E-state index in [0.29, 0.717) is 22.3 Å². The van der Waals surface area contributed by atoms with Crippen molar-refractivity contribution in [3.8, 4) is 22.3 Å². The van der Waals surface area contributed by atoms with Gasteiger partial charge in [0.2, 0.25) is 0 Å². The predicted octanol–water partition coefficient (Wildman–Crippen LogP) is 19.0. The van der Waals surface area contributed by atoms with Crippen molar-refractivity contribution in [2.45, 2.75) is 0 Å². The van der Waals surface area contributed by atoms with Crippen LogP contribution in [0.25, 0.3) is 65.3 Å². The summed E-state index contributed by atoms with van der Waals surface area (Å²) in [5, 5.41) is 9.10. The van der Waals surface area contributed by atoms with E-state index in [1.54, 1.807) is 0 Å². The largest absolute Gasteiger partial charge is 0.310 e. The maximum absolute atomic E-state index is 13.7. The molecule has 4 heteroatoms. The van der Waals surface area contributed by atoms with Gasteiger partial charge in [-0.15, -0.1) is 0 Å². The summed E-state index contributed by atoms with van der Waals surface area (Å²) in [6.07, 6.45) is 0. The average molecular weight is 973 g/mol. The molecule has 13 rings (SSSR count). The molecule has 76 heavy (non-hydrogen) atoms. The molecule has 358 valence electrons. The Morgan fingerprint density at radius 3 is 0.908 bits per heavy atom. The Morgan fingerprint density at radius 2 is 0.526 bits per heavy atom. The van der Waals surface area contributed by atoms with Crippen LogP contribution in [0.4, 0.5) is 34.1 Å². The van der Waals surface area contributed by atoms with Gasteiger partial charge >= 0.3 is 0 Å². The van der Waals surface area contributed by atoms with Crippen molar-refractivity contribution >= 4 is 88.8 Å². The molecule has 0 aromatic heterocycles. The van der Waals surface area contributed by atoms with Crippen LogP contribution in [0.2, 0.25) is 0 Å². The van der Waals surface area contributed by atoms with E-state index in [-0.39, 0.29) is 11.6 Å². The Bertz CT molecular complexity index is 4010. The first-order valence-electron chi connectivity index (χ1n) is 25.6. The van der Waals surface area contributed by atoms with Crippen LogP contribution in [0.3, 0.4) is 0 Å². The number of benzene rings is 13. The molecule has 0 unspecified atom stereocenters. The van der Waals surface area contributed by atoms with Crippen molar-refractivity contribution in [3.63, 3.8) is 0 Å². The molecule has 0 bridgehead atoms. The van der Waals surface area contributed by atoms with Crippen LogP contribution in [-0.2, 0) is 0 Å². The smallest absolute Gasteiger partial charge is 0.193 e. The van der Waals surface area contributed by atoms with E-state index in [4.69, 9.17) is 0 Å². The molecule has 0 fully saturated rings. The fourth-order valence-electron chi connectivity index (χ4n) is 10.9. The quantitative estimate of drug-likeness (QED) is 0.0903. The Labute approximate surface area is 441 Å². The summed E-state index contributed by atoms with van der Waals surface area (Å²) >= 11 is 0. The van der Waals surface area contributed by atoms with E-state index < -0.39 is 0 Å². The molecule has 0 heterocycles. The molecule has 0 aliphatic rings. The van der Waals surface area contributed by atoms with Crippen LogP contribution in [0.15, 0.2) is 291 Å². The van der Waals surface area contributed by atoms with Crippen molar-refractivity contribution in [1.82, 2.24) is 0 Å². The van der Waals surface area contributed by atoms with E-state index in [2.05, 4.69) is 180 Å². The van der Waals surface area contributed by atoms with Crippen LogP contribution in [0.1, 0.15) is 31.8 Å². The SMILES string of the molecule is O=C(c1ccccc1)c1ccc(N(c2ccccc2)c2ccc3c(-c4ccc5ccccc5c4)c4cc(N(c5ccccc5)c5ccc(C(=O)c6ccccc6)cc5)ccc4c(-c4ccc5ccccc5c4)c3c2)cc1. The lowest BCUT2D eigenvalue weighted by Gasteiger charge is -2.28. The molecule has 0 amide bonds. The molecule has 0 atom stereocenters. The highest BCUT2D eigenvalue weighted by molar-refractivity contribution is 6.23. The first-order valence-corrected chi connectivity index (χ1v) is 25.6. The Hall–Kier alpha value is -10.2. The van der Waals surface area contributed by atoms with Crippen LogP contribution < -0.4 is 9.80 Å². The average Bonchev–Trinajstić information content (AvgIpc) is 3.54. The minimum Gasteiger partial charge on any atom is -0.310 e. The standard InChI is InChI=1S/C72H48N2O2/c75-71(51-19-5-1-6-20-51)53-33-37-61(38-34-53)73(59-25-9-3-10-26-59)63-41-43-65-67(47-63)69(57-31-29-49-17-13-15-23-55(49)45-57)66-44-42-64(48-68(66)70(65)58-32-30-50-18-14-16-24-56(50)46-58)74(60-27-11-4-12-28-60)62-39-35-54(36-40-62)72(76)52-21-7-2-8-22-52/h1-48H. The topological polar surface area (TPSA) is 40.6 Å². The van der Waals surface area contributed by atoms with Crippen molar-refractivity contribution in [2.24, 2.45) is 0 Å². The van der Waals surface area contributed by atoms with Crippen LogP contribution >= 0.6 is 0 Å². The van der Waals surface area contributed by atoms with Crippen molar-refractivity contribution in [2.75, 3.05) is 9.80 Å². The number of ketones is 2. The molecule has 0 aliphatic carbocycles. The number of anilines is 6. The van der Waals surface area contributed by atoms with Crippen LogP contribution in [-0.4, -0.2) is 11.6 Å². The van der Waals surface area contributed by atoms with Gasteiger partial charge in [-0.2, -0.15) is 0 Å². The summed E-state index contributed by atoms with van der Waals surface area (Å²) in [6, 6.07) is 100. The molecular formula is C72H48N2O2. The van der Waals surface area contributed by atoms with E-state index in [1.165, 1.54) is 10.8 Å². The number of carbonyl (C=O) groups excluding carboxylic acids is 2. The molecule has 0 aliphatic heterocycles. The van der Waals surface area contributed by atoms with Gasteiger partial charge in [0.25, 0.3) is 0 Å². The zero-order valence-corrected chi connectivity index (χ0v) is 41.4. The summed E-state index contributed by atoms with van der Waals surface area (Å²) in [7, 11) is 0. The van der Waals surface area contributed by atoms with Crippen LogP contribution in [0.5, 0.6) is 0 Å². The fourth-order valence-corrected chi connectivity index (χ4v) is 10.9. The molecule has 0 radical (unpaired) electrons. The van der Waals surface area contributed by atoms with E-state index in [0.717, 1.165) is 88.7 Å². The summed E-state index contributed by atoms with van der Waals surface area (Å²) in [5.74, 6) is -0.0268. The van der Waals surface area contributed by atoms with Gasteiger partial charge in [0.15, 0.2) is 11.6 Å². The maximum Gasteiger partial charge on any atom is 0.193 e. The third kappa shape index (κ3) is 8.54. The second-order valence-electron chi connectivity index (χ2n) is 19.2. The van der Waals surface area contributed by atoms with Crippen molar-refractivity contribution in [1.29, 1.82) is 0 Å². The van der Waals surface area contributed by atoms with Gasteiger partial charge in [-0.25, -0.2) is 0 Å². The number of para-hydroxylation sites is 2. The van der Waals surface area contributed by atoms with Gasteiger partial charge < -0.3 is 9.80 Å². The van der Waals surface area contributed by atoms with E-state index in [1.807, 2.05) is 121 Å². The molecule has 0 spiro atoms. The Morgan fingerprint density at radius 1 is 0.224 bits per heavy atom. The zero-order chi connectivity index (χ0) is 51.0. The number of hydrogen-bond acceptors (Lipinski definition) is 4. The second-order valence-corrected chi connectivity index (χ2v) is 19.2. The van der Waals surface area contributed by atoms with Gasteiger partial charge in [0.05, 0.1) is 0 Å². The maximum atomic E-state index is 13.7.